The first kappa shape index (κ1) is 13.5. The molecule has 2 aromatic rings. The van der Waals surface area contributed by atoms with E-state index in [0.717, 1.165) is 29.1 Å². The van der Waals surface area contributed by atoms with Gasteiger partial charge in [0.1, 0.15) is 0 Å². The summed E-state index contributed by atoms with van der Waals surface area (Å²) in [4.78, 5) is 13.6. The van der Waals surface area contributed by atoms with E-state index in [2.05, 4.69) is 44.7 Å². The summed E-state index contributed by atoms with van der Waals surface area (Å²) in [6, 6.07) is 2.59. The Bertz CT molecular complexity index is 596. The predicted octanol–water partition coefficient (Wildman–Crippen LogP) is 1.51. The maximum absolute atomic E-state index is 5.49. The lowest BCUT2D eigenvalue weighted by Crippen LogP contribution is -2.45. The van der Waals surface area contributed by atoms with Crippen molar-refractivity contribution in [2.24, 2.45) is 5.84 Å². The zero-order chi connectivity index (χ0) is 14.1. The van der Waals surface area contributed by atoms with Crippen LogP contribution in [0.1, 0.15) is 12.8 Å². The van der Waals surface area contributed by atoms with E-state index in [1.165, 1.54) is 12.8 Å². The lowest BCUT2D eigenvalue weighted by molar-refractivity contribution is 0.257. The number of nitrogen functional groups attached to an aromatic ring is 1. The Kier molecular flexibility index (Phi) is 3.73. The van der Waals surface area contributed by atoms with Crippen molar-refractivity contribution in [3.05, 3.63) is 11.4 Å². The molecule has 0 aromatic carbocycles. The smallest absolute Gasteiger partial charge is 0.239 e. The van der Waals surface area contributed by atoms with E-state index in [4.69, 9.17) is 5.84 Å². The van der Waals surface area contributed by atoms with Crippen LogP contribution >= 0.6 is 11.3 Å². The van der Waals surface area contributed by atoms with Crippen LogP contribution in [0.15, 0.2) is 11.4 Å². The second-order valence-corrected chi connectivity index (χ2v) is 6.27. The molecule has 0 saturated carbocycles. The second-order valence-electron chi connectivity index (χ2n) is 5.36. The van der Waals surface area contributed by atoms with Crippen LogP contribution in [0, 0.1) is 0 Å². The van der Waals surface area contributed by atoms with E-state index in [9.17, 15) is 0 Å². The fraction of sp³-hybridized carbons (Fsp3) is 0.538. The Morgan fingerprint density at radius 3 is 3.05 bits per heavy atom. The van der Waals surface area contributed by atoms with Gasteiger partial charge in [-0.25, -0.2) is 10.8 Å². The molecule has 7 heteroatoms. The van der Waals surface area contributed by atoms with Gasteiger partial charge in [-0.1, -0.05) is 0 Å². The highest BCUT2D eigenvalue weighted by atomic mass is 32.1. The molecule has 0 radical (unpaired) electrons. The fourth-order valence-corrected chi connectivity index (χ4v) is 3.54. The Labute approximate surface area is 122 Å². The van der Waals surface area contributed by atoms with Crippen molar-refractivity contribution in [3.63, 3.8) is 0 Å². The van der Waals surface area contributed by atoms with Gasteiger partial charge in [0, 0.05) is 19.1 Å². The van der Waals surface area contributed by atoms with Crippen LogP contribution in [0.3, 0.4) is 0 Å². The molecule has 6 nitrogen and oxygen atoms in total. The van der Waals surface area contributed by atoms with E-state index < -0.39 is 0 Å². The number of nitrogens with zero attached hydrogens (tertiary/aromatic N) is 4. The minimum Gasteiger partial charge on any atom is -0.354 e. The highest BCUT2D eigenvalue weighted by Gasteiger charge is 2.24. The monoisotopic (exact) mass is 292 g/mol. The van der Waals surface area contributed by atoms with Gasteiger partial charge in [0.15, 0.2) is 5.82 Å². The molecule has 20 heavy (non-hydrogen) atoms. The molecule has 1 aliphatic heterocycles. The van der Waals surface area contributed by atoms with Gasteiger partial charge < -0.3 is 9.80 Å². The van der Waals surface area contributed by atoms with Crippen molar-refractivity contribution >= 4 is 33.3 Å². The first-order valence-corrected chi connectivity index (χ1v) is 7.70. The lowest BCUT2D eigenvalue weighted by Gasteiger charge is -2.37. The molecule has 3 N–H and O–H groups in total. The summed E-state index contributed by atoms with van der Waals surface area (Å²) >= 11 is 1.69. The van der Waals surface area contributed by atoms with Crippen LogP contribution in [0.5, 0.6) is 0 Å². The Morgan fingerprint density at radius 1 is 1.45 bits per heavy atom. The van der Waals surface area contributed by atoms with Gasteiger partial charge in [0.05, 0.1) is 10.2 Å². The summed E-state index contributed by atoms with van der Waals surface area (Å²) in [5, 5.41) is 2.05. The third-order valence-electron chi connectivity index (χ3n) is 3.84. The number of hydrazine groups is 1. The molecule has 0 spiro atoms. The van der Waals surface area contributed by atoms with E-state index in [1.807, 2.05) is 6.07 Å². The summed E-state index contributed by atoms with van der Waals surface area (Å²) in [5.41, 5.74) is 3.53. The number of nitrogens with two attached hydrogens (primary N) is 1. The van der Waals surface area contributed by atoms with Crippen LogP contribution < -0.4 is 16.2 Å². The van der Waals surface area contributed by atoms with Gasteiger partial charge in [-0.2, -0.15) is 4.98 Å². The number of piperidine rings is 1. The molecule has 0 bridgehead atoms. The van der Waals surface area contributed by atoms with Crippen LogP contribution in [0.4, 0.5) is 11.8 Å². The Hall–Kier alpha value is -1.44. The van der Waals surface area contributed by atoms with Gasteiger partial charge in [0.2, 0.25) is 5.95 Å². The molecule has 1 atom stereocenters. The average molecular weight is 292 g/mol. The number of hydrogen-bond donors (Lipinski definition) is 2. The van der Waals surface area contributed by atoms with Gasteiger partial charge in [0.25, 0.3) is 0 Å². The molecule has 3 heterocycles. The molecule has 1 aliphatic rings. The van der Waals surface area contributed by atoms with Gasteiger partial charge >= 0.3 is 0 Å². The Morgan fingerprint density at radius 2 is 2.30 bits per heavy atom. The molecule has 1 unspecified atom stereocenters. The van der Waals surface area contributed by atoms with Crippen molar-refractivity contribution < 1.29 is 0 Å². The summed E-state index contributed by atoms with van der Waals surface area (Å²) in [7, 11) is 4.28. The molecule has 2 aromatic heterocycles. The molecule has 108 valence electrons. The molecular formula is C13H20N6S. The molecule has 1 fully saturated rings. The van der Waals surface area contributed by atoms with Crippen LogP contribution in [0.25, 0.3) is 10.2 Å². The minimum atomic E-state index is 0.484. The molecule has 0 aliphatic carbocycles. The molecule has 0 amide bonds. The van der Waals surface area contributed by atoms with Crippen molar-refractivity contribution in [3.8, 4) is 0 Å². The summed E-state index contributed by atoms with van der Waals surface area (Å²) in [5.74, 6) is 6.97. The predicted molar refractivity (Wildman–Crippen MR) is 84.1 cm³/mol. The molecule has 1 saturated heterocycles. The van der Waals surface area contributed by atoms with Crippen LogP contribution in [-0.4, -0.2) is 48.1 Å². The maximum atomic E-state index is 5.49. The number of aromatic nitrogens is 2. The van der Waals surface area contributed by atoms with Gasteiger partial charge in [-0.3, -0.25) is 5.43 Å². The second kappa shape index (κ2) is 5.51. The fourth-order valence-electron chi connectivity index (χ4n) is 2.70. The average Bonchev–Trinajstić information content (AvgIpc) is 2.94. The van der Waals surface area contributed by atoms with E-state index in [1.54, 1.807) is 11.3 Å². The maximum Gasteiger partial charge on any atom is 0.239 e. The number of fused-ring (bicyclic) bond motifs is 1. The largest absolute Gasteiger partial charge is 0.354 e. The van der Waals surface area contributed by atoms with Crippen molar-refractivity contribution in [1.29, 1.82) is 0 Å². The number of nitrogens with one attached hydrogen (secondary N) is 1. The summed E-state index contributed by atoms with van der Waals surface area (Å²) in [6.07, 6.45) is 2.43. The first-order valence-electron chi connectivity index (χ1n) is 6.82. The number of thiophene rings is 1. The van der Waals surface area contributed by atoms with E-state index in [-0.39, 0.29) is 0 Å². The lowest BCUT2D eigenvalue weighted by atomic mass is 10.1. The van der Waals surface area contributed by atoms with Crippen molar-refractivity contribution in [1.82, 2.24) is 14.9 Å². The number of likely N-dealkylation sites (N-methyl/N-ethyl adjacent to an activating group) is 1. The number of anilines is 2. The van der Waals surface area contributed by atoms with Crippen molar-refractivity contribution in [2.75, 3.05) is 37.5 Å². The van der Waals surface area contributed by atoms with Gasteiger partial charge in [-0.15, -0.1) is 11.3 Å². The minimum absolute atomic E-state index is 0.484. The van der Waals surface area contributed by atoms with Crippen LogP contribution in [0.2, 0.25) is 0 Å². The molecule has 3 rings (SSSR count). The normalized spacial score (nSPS) is 19.8. The van der Waals surface area contributed by atoms with Crippen molar-refractivity contribution in [2.45, 2.75) is 18.9 Å². The summed E-state index contributed by atoms with van der Waals surface area (Å²) in [6.45, 7) is 2.04. The topological polar surface area (TPSA) is 70.3 Å². The van der Waals surface area contributed by atoms with E-state index >= 15 is 0 Å². The number of rotatable bonds is 3. The third-order valence-corrected chi connectivity index (χ3v) is 4.74. The van der Waals surface area contributed by atoms with E-state index in [0.29, 0.717) is 12.0 Å². The Balaban J connectivity index is 1.98. The number of hydrogen-bond acceptors (Lipinski definition) is 7. The highest BCUT2D eigenvalue weighted by Crippen LogP contribution is 2.31. The summed E-state index contributed by atoms with van der Waals surface area (Å²) < 4.78 is 1.14. The zero-order valence-electron chi connectivity index (χ0n) is 11.8. The SMILES string of the molecule is CN(C)C1CCCN(c2nc(NN)nc3ccsc23)C1. The zero-order valence-corrected chi connectivity index (χ0v) is 12.7. The molecular weight excluding hydrogens is 272 g/mol. The third kappa shape index (κ3) is 2.44. The standard InChI is InChI=1S/C13H20N6S/c1-18(2)9-4-3-6-19(8-9)12-11-10(5-7-20-11)15-13(16-12)17-14/h5,7,9H,3-4,6,8,14H2,1-2H3,(H,15,16,17). The highest BCUT2D eigenvalue weighted by molar-refractivity contribution is 7.17. The quantitative estimate of drug-likeness (QED) is 0.660. The van der Waals surface area contributed by atoms with Gasteiger partial charge in [-0.05, 0) is 38.4 Å². The first-order chi connectivity index (χ1) is 9.69. The van der Waals surface area contributed by atoms with Crippen LogP contribution in [-0.2, 0) is 0 Å².